The molecular formula is C8H9ClF2N2O. The van der Waals surface area contributed by atoms with Crippen molar-refractivity contribution in [3.63, 3.8) is 0 Å². The highest BCUT2D eigenvalue weighted by molar-refractivity contribution is 6.29. The van der Waals surface area contributed by atoms with Gasteiger partial charge in [-0.3, -0.25) is 0 Å². The zero-order chi connectivity index (χ0) is 10.1. The number of alkyl halides is 2. The molecule has 0 aliphatic carbocycles. The summed E-state index contributed by atoms with van der Waals surface area (Å²) in [5.41, 5.74) is -0.276. The Morgan fingerprint density at radius 3 is 2.93 bits per heavy atom. The summed E-state index contributed by atoms with van der Waals surface area (Å²) in [5, 5.41) is 3.99. The molecule has 1 aliphatic heterocycles. The van der Waals surface area contributed by atoms with E-state index in [4.69, 9.17) is 16.3 Å². The first-order valence-corrected chi connectivity index (χ1v) is 4.67. The van der Waals surface area contributed by atoms with E-state index in [-0.39, 0.29) is 16.9 Å². The number of hydrogen-bond acceptors (Lipinski definition) is 2. The fraction of sp³-hybridized carbons (Fsp3) is 0.625. The zero-order valence-corrected chi connectivity index (χ0v) is 8.05. The molecule has 0 radical (unpaired) electrons. The molecule has 0 amide bonds. The molecule has 0 saturated carbocycles. The molecule has 0 bridgehead atoms. The first-order chi connectivity index (χ1) is 6.68. The summed E-state index contributed by atoms with van der Waals surface area (Å²) in [4.78, 5) is 0. The molecule has 1 aromatic heterocycles. The average molecular weight is 223 g/mol. The lowest BCUT2D eigenvalue weighted by atomic mass is 10.3. The molecule has 1 aliphatic rings. The number of nitrogens with zero attached hydrogens (tertiary/aromatic N) is 2. The summed E-state index contributed by atoms with van der Waals surface area (Å²) in [6.45, 7) is 1.12. The Morgan fingerprint density at radius 2 is 2.43 bits per heavy atom. The Kier molecular flexibility index (Phi) is 2.69. The number of hydrogen-bond donors (Lipinski definition) is 0. The monoisotopic (exact) mass is 222 g/mol. The van der Waals surface area contributed by atoms with E-state index in [1.54, 1.807) is 0 Å². The molecule has 0 spiro atoms. The summed E-state index contributed by atoms with van der Waals surface area (Å²) < 4.78 is 31.1. The van der Waals surface area contributed by atoms with Crippen LogP contribution in [0.4, 0.5) is 8.78 Å². The number of ether oxygens (including phenoxy) is 1. The topological polar surface area (TPSA) is 27.1 Å². The van der Waals surface area contributed by atoms with Gasteiger partial charge >= 0.3 is 0 Å². The molecule has 1 aromatic rings. The van der Waals surface area contributed by atoms with Crippen molar-refractivity contribution in [1.29, 1.82) is 0 Å². The van der Waals surface area contributed by atoms with Gasteiger partial charge in [0.1, 0.15) is 10.8 Å². The van der Waals surface area contributed by atoms with Crippen LogP contribution in [0.1, 0.15) is 24.6 Å². The second-order valence-corrected chi connectivity index (χ2v) is 3.54. The molecule has 1 atom stereocenters. The lowest BCUT2D eigenvalue weighted by Crippen LogP contribution is -2.10. The Balaban J connectivity index is 2.24. The highest BCUT2D eigenvalue weighted by Gasteiger charge is 2.23. The van der Waals surface area contributed by atoms with E-state index < -0.39 is 6.43 Å². The predicted octanol–water partition coefficient (Wildman–Crippen LogP) is 2.44. The summed E-state index contributed by atoms with van der Waals surface area (Å²) in [6.07, 6.45) is -1.81. The molecule has 2 rings (SSSR count). The third-order valence-electron chi connectivity index (χ3n) is 2.18. The largest absolute Gasteiger partial charge is 0.379 e. The minimum atomic E-state index is -2.57. The third kappa shape index (κ3) is 1.74. The first-order valence-electron chi connectivity index (χ1n) is 4.29. The highest BCUT2D eigenvalue weighted by atomic mass is 35.5. The smallest absolute Gasteiger partial charge is 0.282 e. The maximum absolute atomic E-state index is 12.3. The molecule has 1 fully saturated rings. The van der Waals surface area contributed by atoms with Gasteiger partial charge in [-0.15, -0.1) is 0 Å². The minimum absolute atomic E-state index is 0.00463. The lowest BCUT2D eigenvalue weighted by molar-refractivity contribution is 0.143. The Bertz CT molecular complexity index is 323. The first kappa shape index (κ1) is 9.86. The van der Waals surface area contributed by atoms with Gasteiger partial charge in [-0.1, -0.05) is 11.6 Å². The summed E-state index contributed by atoms with van der Waals surface area (Å²) in [5.74, 6) is 0. The lowest BCUT2D eigenvalue weighted by Gasteiger charge is -2.08. The van der Waals surface area contributed by atoms with Crippen molar-refractivity contribution in [2.45, 2.75) is 18.9 Å². The molecule has 1 unspecified atom stereocenters. The van der Waals surface area contributed by atoms with Gasteiger partial charge in [0.25, 0.3) is 6.43 Å². The molecule has 1 saturated heterocycles. The summed E-state index contributed by atoms with van der Waals surface area (Å²) in [6, 6.07) is 1.19. The van der Waals surface area contributed by atoms with Crippen LogP contribution in [-0.2, 0) is 4.74 Å². The van der Waals surface area contributed by atoms with Crippen molar-refractivity contribution in [1.82, 2.24) is 9.78 Å². The highest BCUT2D eigenvalue weighted by Crippen LogP contribution is 2.27. The second-order valence-electron chi connectivity index (χ2n) is 3.15. The van der Waals surface area contributed by atoms with Crippen LogP contribution in [-0.4, -0.2) is 23.0 Å². The van der Waals surface area contributed by atoms with Crippen LogP contribution in [0.5, 0.6) is 0 Å². The quantitative estimate of drug-likeness (QED) is 0.769. The van der Waals surface area contributed by atoms with Gasteiger partial charge in [0, 0.05) is 12.7 Å². The molecule has 78 valence electrons. The van der Waals surface area contributed by atoms with E-state index in [0.717, 1.165) is 6.42 Å². The molecule has 14 heavy (non-hydrogen) atoms. The Labute approximate surface area is 84.6 Å². The van der Waals surface area contributed by atoms with E-state index in [9.17, 15) is 8.78 Å². The minimum Gasteiger partial charge on any atom is -0.379 e. The van der Waals surface area contributed by atoms with E-state index in [1.807, 2.05) is 0 Å². The number of aromatic nitrogens is 2. The molecule has 0 N–H and O–H groups in total. The van der Waals surface area contributed by atoms with Gasteiger partial charge in [0.2, 0.25) is 0 Å². The van der Waals surface area contributed by atoms with Gasteiger partial charge in [-0.25, -0.2) is 13.5 Å². The van der Waals surface area contributed by atoms with Crippen molar-refractivity contribution in [2.24, 2.45) is 0 Å². The van der Waals surface area contributed by atoms with E-state index in [0.29, 0.717) is 13.2 Å². The van der Waals surface area contributed by atoms with Crippen LogP contribution in [0.2, 0.25) is 5.15 Å². The van der Waals surface area contributed by atoms with Crippen LogP contribution in [0.3, 0.4) is 0 Å². The summed E-state index contributed by atoms with van der Waals surface area (Å²) >= 11 is 5.78. The predicted molar refractivity (Wildman–Crippen MR) is 46.7 cm³/mol. The molecule has 2 heterocycles. The van der Waals surface area contributed by atoms with Crippen LogP contribution in [0, 0.1) is 0 Å². The van der Waals surface area contributed by atoms with Crippen molar-refractivity contribution < 1.29 is 13.5 Å². The van der Waals surface area contributed by atoms with Crippen LogP contribution in [0.15, 0.2) is 6.07 Å². The fourth-order valence-corrected chi connectivity index (χ4v) is 1.75. The van der Waals surface area contributed by atoms with Crippen LogP contribution in [0.25, 0.3) is 0 Å². The third-order valence-corrected chi connectivity index (χ3v) is 2.47. The second kappa shape index (κ2) is 3.82. The van der Waals surface area contributed by atoms with Crippen molar-refractivity contribution in [3.8, 4) is 0 Å². The Hall–Kier alpha value is -0.680. The normalized spacial score (nSPS) is 22.1. The SMILES string of the molecule is FC(F)c1cc(Cl)n(C2CCOC2)n1. The standard InChI is InChI=1S/C8H9ClF2N2O/c9-7-3-6(8(10)11)12-13(7)5-1-2-14-4-5/h3,5,8H,1-2,4H2. The maximum Gasteiger partial charge on any atom is 0.282 e. The summed E-state index contributed by atoms with van der Waals surface area (Å²) in [7, 11) is 0. The van der Waals surface area contributed by atoms with Gasteiger partial charge in [0.15, 0.2) is 0 Å². The van der Waals surface area contributed by atoms with Crippen molar-refractivity contribution in [2.75, 3.05) is 13.2 Å². The molecular weight excluding hydrogens is 214 g/mol. The van der Waals surface area contributed by atoms with Crippen LogP contribution >= 0.6 is 11.6 Å². The molecule has 0 aromatic carbocycles. The van der Waals surface area contributed by atoms with Crippen LogP contribution < -0.4 is 0 Å². The number of rotatable bonds is 2. The molecule has 6 heteroatoms. The average Bonchev–Trinajstić information content (AvgIpc) is 2.71. The Morgan fingerprint density at radius 1 is 1.64 bits per heavy atom. The maximum atomic E-state index is 12.3. The fourth-order valence-electron chi connectivity index (χ4n) is 1.47. The van der Waals surface area contributed by atoms with Crippen molar-refractivity contribution in [3.05, 3.63) is 16.9 Å². The van der Waals surface area contributed by atoms with E-state index in [1.165, 1.54) is 10.7 Å². The van der Waals surface area contributed by atoms with E-state index >= 15 is 0 Å². The van der Waals surface area contributed by atoms with Gasteiger partial charge < -0.3 is 4.74 Å². The van der Waals surface area contributed by atoms with Gasteiger partial charge in [-0.2, -0.15) is 5.10 Å². The van der Waals surface area contributed by atoms with Crippen molar-refractivity contribution >= 4 is 11.6 Å². The molecule has 3 nitrogen and oxygen atoms in total. The number of halogens is 3. The van der Waals surface area contributed by atoms with Gasteiger partial charge in [-0.05, 0) is 6.42 Å². The van der Waals surface area contributed by atoms with E-state index in [2.05, 4.69) is 5.10 Å². The zero-order valence-electron chi connectivity index (χ0n) is 7.29. The van der Waals surface area contributed by atoms with Gasteiger partial charge in [0.05, 0.1) is 12.6 Å².